The third-order valence-electron chi connectivity index (χ3n) is 12.7. The van der Waals surface area contributed by atoms with E-state index in [1.807, 2.05) is 18.2 Å². The van der Waals surface area contributed by atoms with E-state index in [9.17, 15) is 34.5 Å². The van der Waals surface area contributed by atoms with Gasteiger partial charge in [0, 0.05) is 19.3 Å². The molecule has 1 aliphatic heterocycles. The molecule has 6 unspecified atom stereocenters. The first-order valence-corrected chi connectivity index (χ1v) is 30.2. The van der Waals surface area contributed by atoms with Crippen molar-refractivity contribution in [3.05, 3.63) is 134 Å². The van der Waals surface area contributed by atoms with Crippen molar-refractivity contribution < 1.29 is 58.2 Å². The molecule has 0 bridgehead atoms. The van der Waals surface area contributed by atoms with Crippen molar-refractivity contribution in [2.45, 2.75) is 250 Å². The zero-order valence-corrected chi connectivity index (χ0v) is 48.8. The summed E-state index contributed by atoms with van der Waals surface area (Å²) in [5, 5.41) is 31.5. The molecular formula is C67H104O12. The fraction of sp³-hybridized carbons (Fsp3) is 0.612. The van der Waals surface area contributed by atoms with Crippen LogP contribution in [0.1, 0.15) is 213 Å². The molecule has 0 spiro atoms. The van der Waals surface area contributed by atoms with Crippen LogP contribution in [0.25, 0.3) is 0 Å². The lowest BCUT2D eigenvalue weighted by atomic mass is 9.98. The molecule has 0 saturated carbocycles. The molecule has 79 heavy (non-hydrogen) atoms. The fourth-order valence-electron chi connectivity index (χ4n) is 8.14. The van der Waals surface area contributed by atoms with Gasteiger partial charge in [0.25, 0.3) is 0 Å². The van der Waals surface area contributed by atoms with E-state index < -0.39 is 67.3 Å². The number of carboxylic acid groups (broad SMARTS) is 1. The summed E-state index contributed by atoms with van der Waals surface area (Å²) in [7, 11) is 0. The molecule has 0 aromatic rings. The van der Waals surface area contributed by atoms with Crippen molar-refractivity contribution in [3.63, 3.8) is 0 Å². The number of allylic oxidation sites excluding steroid dienone is 22. The molecule has 1 heterocycles. The van der Waals surface area contributed by atoms with Crippen molar-refractivity contribution in [2.24, 2.45) is 0 Å². The van der Waals surface area contributed by atoms with Gasteiger partial charge in [-0.15, -0.1) is 0 Å². The lowest BCUT2D eigenvalue weighted by Crippen LogP contribution is -2.61. The molecule has 1 saturated heterocycles. The van der Waals surface area contributed by atoms with Crippen LogP contribution in [0.5, 0.6) is 0 Å². The highest BCUT2D eigenvalue weighted by Crippen LogP contribution is 2.26. The first-order valence-electron chi connectivity index (χ1n) is 30.2. The first-order chi connectivity index (χ1) is 38.6. The molecule has 0 aromatic carbocycles. The van der Waals surface area contributed by atoms with Gasteiger partial charge in [-0.05, 0) is 122 Å². The van der Waals surface area contributed by atoms with Gasteiger partial charge in [-0.25, -0.2) is 4.79 Å². The normalized spacial score (nSPS) is 18.8. The van der Waals surface area contributed by atoms with Crippen LogP contribution < -0.4 is 0 Å². The van der Waals surface area contributed by atoms with Gasteiger partial charge < -0.3 is 39.0 Å². The number of aliphatic hydroxyl groups is 2. The second kappa shape index (κ2) is 53.5. The maximum atomic E-state index is 13.2. The first kappa shape index (κ1) is 71.9. The van der Waals surface area contributed by atoms with Gasteiger partial charge in [-0.2, -0.15) is 0 Å². The summed E-state index contributed by atoms with van der Waals surface area (Å²) in [4.78, 5) is 51.2. The second-order valence-corrected chi connectivity index (χ2v) is 19.9. The maximum absolute atomic E-state index is 13.2. The molecule has 444 valence electrons. The Kier molecular flexibility index (Phi) is 48.7. The largest absolute Gasteiger partial charge is 0.479 e. The summed E-state index contributed by atoms with van der Waals surface area (Å²) < 4.78 is 28.3. The quantitative estimate of drug-likeness (QED) is 0.0228. The molecule has 6 atom stereocenters. The minimum absolute atomic E-state index is 0.0314. The Bertz CT molecular complexity index is 1880. The van der Waals surface area contributed by atoms with Crippen LogP contribution in [0.4, 0.5) is 0 Å². The second-order valence-electron chi connectivity index (χ2n) is 19.9. The Balaban J connectivity index is 2.78. The summed E-state index contributed by atoms with van der Waals surface area (Å²) in [6.07, 6.45) is 62.8. The minimum Gasteiger partial charge on any atom is -0.479 e. The van der Waals surface area contributed by atoms with Crippen LogP contribution in [0.15, 0.2) is 134 Å². The summed E-state index contributed by atoms with van der Waals surface area (Å²) in [5.41, 5.74) is 0. The Morgan fingerprint density at radius 3 is 1.27 bits per heavy atom. The van der Waals surface area contributed by atoms with Crippen LogP contribution in [0.3, 0.4) is 0 Å². The Morgan fingerprint density at radius 2 is 0.810 bits per heavy atom. The van der Waals surface area contributed by atoms with Gasteiger partial charge >= 0.3 is 23.9 Å². The van der Waals surface area contributed by atoms with Crippen molar-refractivity contribution in [1.82, 2.24) is 0 Å². The number of hydrogen-bond acceptors (Lipinski definition) is 11. The van der Waals surface area contributed by atoms with Gasteiger partial charge in [0.15, 0.2) is 24.6 Å². The van der Waals surface area contributed by atoms with Crippen molar-refractivity contribution in [3.8, 4) is 0 Å². The van der Waals surface area contributed by atoms with Gasteiger partial charge in [-0.3, -0.25) is 14.4 Å². The maximum Gasteiger partial charge on any atom is 0.335 e. The van der Waals surface area contributed by atoms with Gasteiger partial charge in [0.1, 0.15) is 18.8 Å². The molecule has 12 heteroatoms. The number of unbranched alkanes of at least 4 members (excludes halogenated alkanes) is 13. The monoisotopic (exact) mass is 1100 g/mol. The van der Waals surface area contributed by atoms with E-state index in [2.05, 4.69) is 136 Å². The SMILES string of the molecule is CC/C=C\C/C=C\C/C=C\C/C=C\C/C=C\CCCC(=O)OCC(COC1OC(C(=O)O)C(O)C(O)C1OC(=O)CCC/C=C\C/C=C\C/C=C\C/C=C\C/C=C\CC)OC(=O)CCCCCCC/C=C\CCCCCCCC. The van der Waals surface area contributed by atoms with E-state index in [1.165, 1.54) is 38.5 Å². The number of ether oxygens (including phenoxy) is 5. The zero-order valence-electron chi connectivity index (χ0n) is 48.8. The van der Waals surface area contributed by atoms with E-state index in [-0.39, 0.29) is 25.9 Å². The van der Waals surface area contributed by atoms with Crippen molar-refractivity contribution in [1.29, 1.82) is 0 Å². The van der Waals surface area contributed by atoms with Gasteiger partial charge in [0.05, 0.1) is 6.61 Å². The Labute approximate surface area is 477 Å². The molecule has 0 aliphatic carbocycles. The van der Waals surface area contributed by atoms with E-state index in [0.717, 1.165) is 103 Å². The third kappa shape index (κ3) is 43.4. The lowest BCUT2D eigenvalue weighted by molar-refractivity contribution is -0.301. The number of carbonyl (C=O) groups is 4. The molecule has 0 aromatic heterocycles. The number of aliphatic hydroxyl groups excluding tert-OH is 2. The molecule has 1 aliphatic rings. The van der Waals surface area contributed by atoms with Crippen LogP contribution in [-0.4, -0.2) is 89.2 Å². The summed E-state index contributed by atoms with van der Waals surface area (Å²) in [6.45, 7) is 5.67. The third-order valence-corrected chi connectivity index (χ3v) is 12.7. The predicted molar refractivity (Wildman–Crippen MR) is 321 cm³/mol. The van der Waals surface area contributed by atoms with Crippen LogP contribution in [0.2, 0.25) is 0 Å². The van der Waals surface area contributed by atoms with E-state index in [1.54, 1.807) is 0 Å². The van der Waals surface area contributed by atoms with Crippen LogP contribution >= 0.6 is 0 Å². The standard InChI is InChI=1S/C67H104O12/c1-4-7-10-13-16-19-22-25-28-30-33-35-38-41-44-47-50-53-59(68)75-56-58(77-60(69)54-51-48-45-42-39-36-32-27-24-21-18-15-12-9-6-3)57-76-67-65(63(72)62(71)64(79-67)66(73)74)78-61(70)55-52-49-46-43-40-37-34-31-29-26-23-20-17-14-11-8-5-2/h7-8,10-11,16-17,19-20,25-29,32-35,37,41,43-44,46,58,62-65,67,71-72H,4-6,9,12-15,18,21-24,30-31,36,38-40,42,45,47-57H2,1-3H3,(H,73,74)/b10-7-,11-8-,19-16-,20-17-,28-25-,29-26-,32-27-,35-33-,37-34-,44-41-,46-43-. The minimum atomic E-state index is -1.94. The summed E-state index contributed by atoms with van der Waals surface area (Å²) in [6, 6.07) is 0. The van der Waals surface area contributed by atoms with Gasteiger partial charge in [0.2, 0.25) is 0 Å². The molecule has 0 amide bonds. The highest BCUT2D eigenvalue weighted by molar-refractivity contribution is 5.74. The highest BCUT2D eigenvalue weighted by atomic mass is 16.7. The molecule has 1 rings (SSSR count). The molecule has 3 N–H and O–H groups in total. The van der Waals surface area contributed by atoms with Crippen LogP contribution in [0, 0.1) is 0 Å². The Morgan fingerprint density at radius 1 is 0.430 bits per heavy atom. The van der Waals surface area contributed by atoms with E-state index in [4.69, 9.17) is 23.7 Å². The average molecular weight is 1100 g/mol. The summed E-state index contributed by atoms with van der Waals surface area (Å²) in [5.74, 6) is -3.31. The smallest absolute Gasteiger partial charge is 0.335 e. The molecule has 12 nitrogen and oxygen atoms in total. The van der Waals surface area contributed by atoms with Crippen molar-refractivity contribution >= 4 is 23.9 Å². The van der Waals surface area contributed by atoms with Crippen LogP contribution in [-0.2, 0) is 42.9 Å². The topological polar surface area (TPSA) is 175 Å². The average Bonchev–Trinajstić information content (AvgIpc) is 3.47. The number of carboxylic acids is 1. The number of rotatable bonds is 49. The van der Waals surface area contributed by atoms with E-state index in [0.29, 0.717) is 32.1 Å². The number of carbonyl (C=O) groups excluding carboxylic acids is 3. The van der Waals surface area contributed by atoms with E-state index >= 15 is 0 Å². The predicted octanol–water partition coefficient (Wildman–Crippen LogP) is 15.8. The molecular weight excluding hydrogens is 997 g/mol. The molecule has 1 fully saturated rings. The fourth-order valence-corrected chi connectivity index (χ4v) is 8.14. The highest BCUT2D eigenvalue weighted by Gasteiger charge is 2.50. The molecule has 0 radical (unpaired) electrons. The number of hydrogen-bond donors (Lipinski definition) is 3. The zero-order chi connectivity index (χ0) is 57.5. The Hall–Kier alpha value is -5.14. The summed E-state index contributed by atoms with van der Waals surface area (Å²) >= 11 is 0. The number of aliphatic carboxylic acids is 1. The lowest BCUT2D eigenvalue weighted by Gasteiger charge is -2.40. The number of esters is 3. The van der Waals surface area contributed by atoms with Gasteiger partial charge in [-0.1, -0.05) is 206 Å². The van der Waals surface area contributed by atoms with Crippen molar-refractivity contribution in [2.75, 3.05) is 13.2 Å².